The molecule has 2 atom stereocenters. The minimum absolute atomic E-state index is 0.165. The van der Waals surface area contributed by atoms with Crippen molar-refractivity contribution in [2.24, 2.45) is 0 Å². The summed E-state index contributed by atoms with van der Waals surface area (Å²) < 4.78 is 44.7. The van der Waals surface area contributed by atoms with Gasteiger partial charge in [-0.15, -0.1) is 0 Å². The van der Waals surface area contributed by atoms with Gasteiger partial charge in [-0.3, -0.25) is 0 Å². The van der Waals surface area contributed by atoms with E-state index >= 15 is 0 Å². The van der Waals surface area contributed by atoms with E-state index in [2.05, 4.69) is 5.32 Å². The molecule has 0 aromatic heterocycles. The Morgan fingerprint density at radius 3 is 2.32 bits per heavy atom. The van der Waals surface area contributed by atoms with Gasteiger partial charge in [0.1, 0.15) is 0 Å². The summed E-state index contributed by atoms with van der Waals surface area (Å²) in [5.41, 5.74) is 3.71. The number of rotatable bonds is 2. The Morgan fingerprint density at radius 2 is 1.79 bits per heavy atom. The maximum Gasteiger partial charge on any atom is 0.507 e. The second-order valence-corrected chi connectivity index (χ2v) is 7.44. The normalized spacial score (nSPS) is 19.0. The van der Waals surface area contributed by atoms with Crippen LogP contribution in [0.3, 0.4) is 0 Å². The van der Waals surface area contributed by atoms with Crippen LogP contribution in [-0.4, -0.2) is 17.5 Å². The van der Waals surface area contributed by atoms with Gasteiger partial charge < -0.3 is 15.2 Å². The number of hydrogen-bond acceptors (Lipinski definition) is 3. The Hall–Kier alpha value is -2.41. The third-order valence-electron chi connectivity index (χ3n) is 4.92. The Kier molecular flexibility index (Phi) is 5.23. The topological polar surface area (TPSA) is 58.6 Å². The number of alkyl halides is 3. The van der Waals surface area contributed by atoms with Gasteiger partial charge in [-0.2, -0.15) is 13.2 Å². The highest BCUT2D eigenvalue weighted by Crippen LogP contribution is 2.46. The molecule has 3 rings (SSSR count). The third kappa shape index (κ3) is 3.90. The molecule has 0 saturated heterocycles. The number of carboxylic acid groups (broad SMARTS) is 1. The van der Waals surface area contributed by atoms with Gasteiger partial charge in [0.15, 0.2) is 6.23 Å². The van der Waals surface area contributed by atoms with Crippen LogP contribution in [0.25, 0.3) is 0 Å². The SMILES string of the molecule is Cc1cc(C)c(C2CC(OC(=O)O)Nc3cc(C(F)(F)F)c(Cl)cc32)c(C)c1. The summed E-state index contributed by atoms with van der Waals surface area (Å²) in [7, 11) is 0. The Labute approximate surface area is 165 Å². The number of carbonyl (C=O) groups is 1. The monoisotopic (exact) mass is 413 g/mol. The fraction of sp³-hybridized carbons (Fsp3) is 0.350. The van der Waals surface area contributed by atoms with Crippen molar-refractivity contribution in [3.8, 4) is 0 Å². The molecule has 2 aromatic rings. The number of fused-ring (bicyclic) bond motifs is 1. The number of hydrogen-bond donors (Lipinski definition) is 2. The molecular weight excluding hydrogens is 395 g/mol. The van der Waals surface area contributed by atoms with Crippen molar-refractivity contribution in [1.29, 1.82) is 0 Å². The van der Waals surface area contributed by atoms with Crippen molar-refractivity contribution in [3.63, 3.8) is 0 Å². The maximum absolute atomic E-state index is 13.3. The van der Waals surface area contributed by atoms with Crippen LogP contribution >= 0.6 is 11.6 Å². The molecule has 8 heteroatoms. The Balaban J connectivity index is 2.19. The van der Waals surface area contributed by atoms with Gasteiger partial charge in [0, 0.05) is 18.0 Å². The fourth-order valence-electron chi connectivity index (χ4n) is 4.01. The van der Waals surface area contributed by atoms with Crippen LogP contribution in [0.5, 0.6) is 0 Å². The van der Waals surface area contributed by atoms with E-state index in [1.54, 1.807) is 0 Å². The highest BCUT2D eigenvalue weighted by molar-refractivity contribution is 6.31. The molecule has 2 N–H and O–H groups in total. The molecule has 0 amide bonds. The van der Waals surface area contributed by atoms with E-state index in [9.17, 15) is 18.0 Å². The zero-order valence-corrected chi connectivity index (χ0v) is 16.2. The van der Waals surface area contributed by atoms with Crippen molar-refractivity contribution in [3.05, 3.63) is 62.7 Å². The second-order valence-electron chi connectivity index (χ2n) is 7.03. The maximum atomic E-state index is 13.3. The molecule has 0 aliphatic carbocycles. The molecule has 0 radical (unpaired) electrons. The Bertz CT molecular complexity index is 920. The molecule has 2 aromatic carbocycles. The van der Waals surface area contributed by atoms with Crippen LogP contribution in [0.1, 0.15) is 45.7 Å². The summed E-state index contributed by atoms with van der Waals surface area (Å²) in [5.74, 6) is -0.360. The number of ether oxygens (including phenoxy) is 1. The first kappa shape index (κ1) is 20.3. The lowest BCUT2D eigenvalue weighted by molar-refractivity contribution is -0.137. The quantitative estimate of drug-likeness (QED) is 0.571. The van der Waals surface area contributed by atoms with E-state index in [1.807, 2.05) is 32.9 Å². The number of benzene rings is 2. The first-order chi connectivity index (χ1) is 13.0. The van der Waals surface area contributed by atoms with Gasteiger partial charge in [0.05, 0.1) is 10.6 Å². The van der Waals surface area contributed by atoms with E-state index in [-0.39, 0.29) is 18.0 Å². The van der Waals surface area contributed by atoms with Crippen molar-refractivity contribution in [2.45, 2.75) is 45.5 Å². The molecule has 1 heterocycles. The van der Waals surface area contributed by atoms with Gasteiger partial charge in [0.2, 0.25) is 0 Å². The number of halogens is 4. The van der Waals surface area contributed by atoms with Crippen molar-refractivity contribution in [1.82, 2.24) is 0 Å². The number of anilines is 1. The molecule has 0 saturated carbocycles. The Morgan fingerprint density at radius 1 is 1.18 bits per heavy atom. The predicted molar refractivity (Wildman–Crippen MR) is 100 cm³/mol. The first-order valence-electron chi connectivity index (χ1n) is 8.62. The zero-order valence-electron chi connectivity index (χ0n) is 15.4. The molecule has 0 spiro atoms. The summed E-state index contributed by atoms with van der Waals surface area (Å²) in [5, 5.41) is 11.3. The zero-order chi connectivity index (χ0) is 20.8. The lowest BCUT2D eigenvalue weighted by atomic mass is 9.79. The molecule has 2 unspecified atom stereocenters. The van der Waals surface area contributed by atoms with Crippen LogP contribution in [0.4, 0.5) is 23.7 Å². The lowest BCUT2D eigenvalue weighted by Crippen LogP contribution is -2.33. The minimum Gasteiger partial charge on any atom is -0.450 e. The van der Waals surface area contributed by atoms with Gasteiger partial charge in [-0.1, -0.05) is 29.3 Å². The van der Waals surface area contributed by atoms with E-state index in [4.69, 9.17) is 21.4 Å². The van der Waals surface area contributed by atoms with Gasteiger partial charge in [0.25, 0.3) is 0 Å². The molecule has 28 heavy (non-hydrogen) atoms. The molecule has 1 aliphatic heterocycles. The fourth-order valence-corrected chi connectivity index (χ4v) is 4.29. The van der Waals surface area contributed by atoms with E-state index < -0.39 is 29.1 Å². The van der Waals surface area contributed by atoms with Crippen molar-refractivity contribution in [2.75, 3.05) is 5.32 Å². The van der Waals surface area contributed by atoms with E-state index in [0.717, 1.165) is 28.3 Å². The predicted octanol–water partition coefficient (Wildman–Crippen LogP) is 6.25. The molecule has 4 nitrogen and oxygen atoms in total. The summed E-state index contributed by atoms with van der Waals surface area (Å²) in [6, 6.07) is 6.21. The molecule has 0 bridgehead atoms. The summed E-state index contributed by atoms with van der Waals surface area (Å²) in [6.07, 6.45) is -6.86. The van der Waals surface area contributed by atoms with Crippen molar-refractivity contribution >= 4 is 23.4 Å². The van der Waals surface area contributed by atoms with E-state index in [1.165, 1.54) is 6.07 Å². The highest BCUT2D eigenvalue weighted by atomic mass is 35.5. The molecular formula is C20H19ClF3NO3. The standard InChI is InChI=1S/C20H19ClF3NO3/c1-9-4-10(2)18(11(3)5-9)13-7-17(28-19(26)27)25-16-8-14(20(22,23)24)15(21)6-12(13)16/h4-6,8,13,17,25H,7H2,1-3H3,(H,26,27). The average Bonchev–Trinajstić information content (AvgIpc) is 2.52. The molecule has 1 aliphatic rings. The largest absolute Gasteiger partial charge is 0.507 e. The van der Waals surface area contributed by atoms with Gasteiger partial charge in [-0.25, -0.2) is 4.79 Å². The van der Waals surface area contributed by atoms with Gasteiger partial charge >= 0.3 is 12.3 Å². The smallest absolute Gasteiger partial charge is 0.450 e. The number of aryl methyl sites for hydroxylation is 3. The van der Waals surface area contributed by atoms with Crippen LogP contribution in [-0.2, 0) is 10.9 Å². The molecule has 150 valence electrons. The first-order valence-corrected chi connectivity index (χ1v) is 8.99. The average molecular weight is 414 g/mol. The molecule has 0 fully saturated rings. The van der Waals surface area contributed by atoms with E-state index in [0.29, 0.717) is 5.56 Å². The second kappa shape index (κ2) is 7.20. The highest BCUT2D eigenvalue weighted by Gasteiger charge is 2.38. The third-order valence-corrected chi connectivity index (χ3v) is 5.23. The minimum atomic E-state index is -4.63. The number of nitrogens with one attached hydrogen (secondary N) is 1. The van der Waals surface area contributed by atoms with Crippen LogP contribution < -0.4 is 5.32 Å². The lowest BCUT2D eigenvalue weighted by Gasteiger charge is -2.34. The summed E-state index contributed by atoms with van der Waals surface area (Å²) in [6.45, 7) is 5.81. The van der Waals surface area contributed by atoms with Gasteiger partial charge in [-0.05, 0) is 55.2 Å². The van der Waals surface area contributed by atoms with Crippen LogP contribution in [0.15, 0.2) is 24.3 Å². The van der Waals surface area contributed by atoms with Crippen LogP contribution in [0, 0.1) is 20.8 Å². The van der Waals surface area contributed by atoms with Crippen molar-refractivity contribution < 1.29 is 27.8 Å². The summed E-state index contributed by atoms with van der Waals surface area (Å²) in [4.78, 5) is 11.0. The van der Waals surface area contributed by atoms with Crippen LogP contribution in [0.2, 0.25) is 5.02 Å². The summed E-state index contributed by atoms with van der Waals surface area (Å²) >= 11 is 5.95.